The molecule has 1 unspecified atom stereocenters. The van der Waals surface area contributed by atoms with Crippen LogP contribution in [0, 0.1) is 10.1 Å². The van der Waals surface area contributed by atoms with Gasteiger partial charge in [0.15, 0.2) is 0 Å². The average molecular weight is 274 g/mol. The third-order valence-electron chi connectivity index (χ3n) is 2.79. The van der Waals surface area contributed by atoms with Gasteiger partial charge in [-0.3, -0.25) is 10.1 Å². The molecular formula is C10H10ClN2O3S+. The molecule has 90 valence electrons. The molecule has 1 atom stereocenters. The van der Waals surface area contributed by atoms with Crippen LogP contribution in [0.3, 0.4) is 0 Å². The van der Waals surface area contributed by atoms with Crippen LogP contribution in [0.4, 0.5) is 11.4 Å². The molecular weight excluding hydrogens is 264 g/mol. The fraction of sp³-hybridized carbons (Fsp3) is 0.300. The fourth-order valence-corrected chi connectivity index (χ4v) is 3.16. The lowest BCUT2D eigenvalue weighted by Crippen LogP contribution is -2.46. The number of hydrogen-bond donors (Lipinski definition) is 0. The van der Waals surface area contributed by atoms with Crippen molar-refractivity contribution in [3.63, 3.8) is 0 Å². The molecule has 0 radical (unpaired) electrons. The van der Waals surface area contributed by atoms with Crippen LogP contribution >= 0.6 is 23.4 Å². The molecule has 7 heteroatoms. The predicted octanol–water partition coefficient (Wildman–Crippen LogP) is 2.42. The van der Waals surface area contributed by atoms with Gasteiger partial charge in [-0.2, -0.15) is 0 Å². The first-order chi connectivity index (χ1) is 7.95. The molecule has 1 saturated heterocycles. The molecule has 1 heterocycles. The summed E-state index contributed by atoms with van der Waals surface area (Å²) < 4.78 is -0.0435. The van der Waals surface area contributed by atoms with Crippen LogP contribution in [-0.4, -0.2) is 29.5 Å². The maximum Gasteiger partial charge on any atom is 0.331 e. The van der Waals surface area contributed by atoms with Gasteiger partial charge in [-0.1, -0.05) is 23.4 Å². The van der Waals surface area contributed by atoms with Gasteiger partial charge < -0.3 is 0 Å². The van der Waals surface area contributed by atoms with E-state index in [1.54, 1.807) is 19.2 Å². The molecule has 1 fully saturated rings. The average Bonchev–Trinajstić information content (AvgIpc) is 2.60. The van der Waals surface area contributed by atoms with E-state index in [0.717, 1.165) is 0 Å². The van der Waals surface area contributed by atoms with Gasteiger partial charge in [0.05, 0.1) is 12.0 Å². The molecule has 0 aliphatic carbocycles. The van der Waals surface area contributed by atoms with Crippen LogP contribution in [0.25, 0.3) is 0 Å². The van der Waals surface area contributed by atoms with E-state index in [1.807, 2.05) is 0 Å². The van der Waals surface area contributed by atoms with E-state index < -0.39 is 4.92 Å². The summed E-state index contributed by atoms with van der Waals surface area (Å²) in [4.78, 5) is 22.4. The van der Waals surface area contributed by atoms with Crippen molar-refractivity contribution in [1.29, 1.82) is 0 Å². The zero-order valence-electron chi connectivity index (χ0n) is 9.05. The first-order valence-electron chi connectivity index (χ1n) is 4.86. The molecule has 1 amide bonds. The number of carbonyl (C=O) groups is 1. The van der Waals surface area contributed by atoms with Crippen LogP contribution in [-0.2, 0) is 4.79 Å². The van der Waals surface area contributed by atoms with Gasteiger partial charge in [-0.15, -0.1) is 0 Å². The van der Waals surface area contributed by atoms with E-state index >= 15 is 0 Å². The second-order valence-electron chi connectivity index (χ2n) is 3.95. The van der Waals surface area contributed by atoms with E-state index in [1.165, 1.54) is 17.8 Å². The van der Waals surface area contributed by atoms with Crippen molar-refractivity contribution in [3.8, 4) is 0 Å². The molecule has 0 aromatic heterocycles. The summed E-state index contributed by atoms with van der Waals surface area (Å²) in [6.07, 6.45) is 0. The van der Waals surface area contributed by atoms with Crippen molar-refractivity contribution in [3.05, 3.63) is 33.3 Å². The molecule has 2 rings (SSSR count). The maximum absolute atomic E-state index is 11.9. The molecule has 0 saturated carbocycles. The second-order valence-corrected chi connectivity index (χ2v) is 5.34. The smallest absolute Gasteiger partial charge is 0.258 e. The van der Waals surface area contributed by atoms with Gasteiger partial charge in [-0.25, -0.2) is 9.28 Å². The number of carbonyl (C=O) groups excluding carboxylic acids is 1. The van der Waals surface area contributed by atoms with Crippen molar-refractivity contribution < 1.29 is 9.72 Å². The van der Waals surface area contributed by atoms with Crippen molar-refractivity contribution in [2.75, 3.05) is 18.7 Å². The number of hydrogen-bond acceptors (Lipinski definition) is 4. The Morgan fingerprint density at radius 1 is 1.53 bits per heavy atom. The Kier molecular flexibility index (Phi) is 3.11. The summed E-state index contributed by atoms with van der Waals surface area (Å²) in [7, 11) is 1.69. The van der Waals surface area contributed by atoms with E-state index in [0.29, 0.717) is 22.3 Å². The monoisotopic (exact) mass is 273 g/mol. The Bertz CT molecular complexity index is 508. The minimum Gasteiger partial charge on any atom is -0.258 e. The predicted molar refractivity (Wildman–Crippen MR) is 68.2 cm³/mol. The Hall–Kier alpha value is -1.11. The maximum atomic E-state index is 11.9. The van der Waals surface area contributed by atoms with Gasteiger partial charge in [0.25, 0.3) is 0 Å². The van der Waals surface area contributed by atoms with E-state index in [4.69, 9.17) is 11.6 Å². The Labute approximate surface area is 107 Å². The Morgan fingerprint density at radius 3 is 2.76 bits per heavy atom. The molecule has 1 aliphatic rings. The van der Waals surface area contributed by atoms with Gasteiger partial charge >= 0.3 is 11.6 Å². The fourth-order valence-electron chi connectivity index (χ4n) is 1.79. The third-order valence-corrected chi connectivity index (χ3v) is 4.18. The van der Waals surface area contributed by atoms with Crippen molar-refractivity contribution in [2.45, 2.75) is 0 Å². The van der Waals surface area contributed by atoms with Gasteiger partial charge in [0.1, 0.15) is 11.6 Å². The zero-order valence-corrected chi connectivity index (χ0v) is 10.6. The number of thioether (sulfide) groups is 1. The topological polar surface area (TPSA) is 60.2 Å². The summed E-state index contributed by atoms with van der Waals surface area (Å²) >= 11 is 7.22. The number of rotatable bonds is 2. The lowest BCUT2D eigenvalue weighted by atomic mass is 10.2. The normalized spacial score (nSPS) is 24.0. The van der Waals surface area contributed by atoms with E-state index in [-0.39, 0.29) is 16.1 Å². The van der Waals surface area contributed by atoms with E-state index in [9.17, 15) is 14.9 Å². The lowest BCUT2D eigenvalue weighted by molar-refractivity contribution is -0.384. The van der Waals surface area contributed by atoms with Crippen LogP contribution in [0.1, 0.15) is 0 Å². The molecule has 1 aliphatic heterocycles. The third kappa shape index (κ3) is 2.03. The van der Waals surface area contributed by atoms with Gasteiger partial charge in [0.2, 0.25) is 5.69 Å². The number of halogens is 1. The Morgan fingerprint density at radius 2 is 2.24 bits per heavy atom. The molecule has 0 spiro atoms. The Balaban J connectivity index is 2.59. The van der Waals surface area contributed by atoms with Gasteiger partial charge in [-0.05, 0) is 6.07 Å². The highest BCUT2D eigenvalue weighted by Crippen LogP contribution is 2.38. The molecule has 1 aromatic carbocycles. The first kappa shape index (κ1) is 12.3. The standard InChI is InChI=1S/C10H10ClN2O3S/c1-13(6-17-5-10(13)14)9-3-2-7(11)4-8(9)12(15)16/h2-4H,5-6H2,1H3/q+1. The van der Waals surface area contributed by atoms with Crippen molar-refractivity contribution in [1.82, 2.24) is 4.48 Å². The first-order valence-corrected chi connectivity index (χ1v) is 6.39. The molecule has 5 nitrogen and oxygen atoms in total. The molecule has 0 bridgehead atoms. The molecule has 17 heavy (non-hydrogen) atoms. The highest BCUT2D eigenvalue weighted by molar-refractivity contribution is 8.00. The van der Waals surface area contributed by atoms with E-state index in [2.05, 4.69) is 0 Å². The number of nitro benzene ring substituents is 1. The summed E-state index contributed by atoms with van der Waals surface area (Å²) in [5, 5.41) is 11.3. The highest BCUT2D eigenvalue weighted by atomic mass is 35.5. The number of quaternary nitrogens is 1. The SMILES string of the molecule is C[N+]1(c2ccc(Cl)cc2[N+](=O)[O-])CSCC1=O. The lowest BCUT2D eigenvalue weighted by Gasteiger charge is -2.24. The van der Waals surface area contributed by atoms with Crippen molar-refractivity contribution in [2.24, 2.45) is 0 Å². The summed E-state index contributed by atoms with van der Waals surface area (Å²) in [5.74, 6) is 0.873. The highest BCUT2D eigenvalue weighted by Gasteiger charge is 2.44. The summed E-state index contributed by atoms with van der Waals surface area (Å²) in [6, 6.07) is 4.42. The van der Waals surface area contributed by atoms with Crippen LogP contribution in [0.2, 0.25) is 5.02 Å². The quantitative estimate of drug-likeness (QED) is 0.472. The van der Waals surface area contributed by atoms with Crippen LogP contribution in [0.15, 0.2) is 18.2 Å². The number of amides is 1. The molecule has 1 aromatic rings. The number of benzene rings is 1. The number of nitro groups is 1. The van der Waals surface area contributed by atoms with Crippen LogP contribution < -0.4 is 4.48 Å². The summed E-state index contributed by atoms with van der Waals surface area (Å²) in [6.45, 7) is 0. The summed E-state index contributed by atoms with van der Waals surface area (Å²) in [5.41, 5.74) is 0.297. The van der Waals surface area contributed by atoms with Gasteiger partial charge in [0, 0.05) is 17.2 Å². The minimum atomic E-state index is -0.499. The minimum absolute atomic E-state index is 0.0274. The van der Waals surface area contributed by atoms with Crippen molar-refractivity contribution >= 4 is 40.6 Å². The largest absolute Gasteiger partial charge is 0.331 e. The second kappa shape index (κ2) is 4.29. The number of nitrogens with zero attached hydrogens (tertiary/aromatic N) is 2. The zero-order chi connectivity index (χ0) is 12.6. The van der Waals surface area contributed by atoms with Crippen LogP contribution in [0.5, 0.6) is 0 Å². The molecule has 0 N–H and O–H groups in total.